The van der Waals surface area contributed by atoms with Gasteiger partial charge in [-0.2, -0.15) is 0 Å². The number of aryl methyl sites for hydroxylation is 1. The Kier molecular flexibility index (Phi) is 10.7. The minimum Gasteiger partial charge on any atom is -0.426 e. The number of Topliss-reactive ketones (excluding diaryl/α,β-unsaturated/α-hetero) is 1. The smallest absolute Gasteiger partial charge is 0.308 e. The highest BCUT2D eigenvalue weighted by Crippen LogP contribution is 2.26. The van der Waals surface area contributed by atoms with Crippen molar-refractivity contribution in [3.63, 3.8) is 0 Å². The number of ketones is 1. The third-order valence-electron chi connectivity index (χ3n) is 4.25. The van der Waals surface area contributed by atoms with Crippen LogP contribution in [0.4, 0.5) is 0 Å². The fourth-order valence-electron chi connectivity index (χ4n) is 2.84. The summed E-state index contributed by atoms with van der Waals surface area (Å²) in [4.78, 5) is 23.7. The maximum Gasteiger partial charge on any atom is 0.308 e. The largest absolute Gasteiger partial charge is 0.426 e. The van der Waals surface area contributed by atoms with E-state index in [0.29, 0.717) is 11.3 Å². The molecule has 25 heavy (non-hydrogen) atoms. The Balaban J connectivity index is 2.45. The minimum absolute atomic E-state index is 0.0112. The van der Waals surface area contributed by atoms with Gasteiger partial charge in [0.15, 0.2) is 5.78 Å². The van der Waals surface area contributed by atoms with E-state index in [1.165, 1.54) is 45.4 Å². The number of unbranched alkanes of at least 4 members (excludes halogenated alkanes) is 7. The van der Waals surface area contributed by atoms with E-state index in [1.54, 1.807) is 12.1 Å². The average Bonchev–Trinajstić information content (AvgIpc) is 2.57. The van der Waals surface area contributed by atoms with Crippen LogP contribution in [-0.4, -0.2) is 16.6 Å². The first-order valence-corrected chi connectivity index (χ1v) is 10.3. The monoisotopic (exact) mass is 410 g/mol. The van der Waals surface area contributed by atoms with Gasteiger partial charge in [-0.05, 0) is 25.5 Å². The van der Waals surface area contributed by atoms with Gasteiger partial charge in [0, 0.05) is 6.92 Å². The number of carbonyl (C=O) groups excluding carboxylic acids is 2. The highest BCUT2D eigenvalue weighted by Gasteiger charge is 2.21. The number of ether oxygens (including phenoxy) is 1. The zero-order chi connectivity index (χ0) is 18.7. The summed E-state index contributed by atoms with van der Waals surface area (Å²) in [6.07, 6.45) is 10.8. The number of hydrogen-bond donors (Lipinski definition) is 0. The van der Waals surface area contributed by atoms with Gasteiger partial charge in [-0.3, -0.25) is 9.59 Å². The molecule has 0 bridgehead atoms. The second-order valence-electron chi connectivity index (χ2n) is 6.69. The summed E-state index contributed by atoms with van der Waals surface area (Å²) >= 11 is 3.52. The van der Waals surface area contributed by atoms with E-state index in [4.69, 9.17) is 4.74 Å². The number of hydrogen-bond acceptors (Lipinski definition) is 3. The molecule has 0 aromatic heterocycles. The van der Waals surface area contributed by atoms with Crippen LogP contribution in [0.2, 0.25) is 0 Å². The van der Waals surface area contributed by atoms with E-state index < -0.39 is 5.97 Å². The standard InChI is InChI=1S/C21H31BrO3/c1-4-5-6-7-8-9-10-11-12-19(22)21(24)18-15-16(2)13-14-20(18)25-17(3)23/h13-15,19H,4-12H2,1-3H3/t19-/m0/s1. The Morgan fingerprint density at radius 2 is 1.64 bits per heavy atom. The Hall–Kier alpha value is -1.16. The lowest BCUT2D eigenvalue weighted by Crippen LogP contribution is -2.16. The third kappa shape index (κ3) is 8.66. The lowest BCUT2D eigenvalue weighted by molar-refractivity contribution is -0.131. The molecule has 140 valence electrons. The Labute approximate surface area is 160 Å². The van der Waals surface area contributed by atoms with Crippen LogP contribution in [0.5, 0.6) is 5.75 Å². The molecule has 4 heteroatoms. The summed E-state index contributed by atoms with van der Waals surface area (Å²) in [5.74, 6) is -0.0709. The molecule has 0 unspecified atom stereocenters. The number of carbonyl (C=O) groups is 2. The zero-order valence-corrected chi connectivity index (χ0v) is 17.4. The molecule has 0 amide bonds. The van der Waals surface area contributed by atoms with Gasteiger partial charge in [0.25, 0.3) is 0 Å². The summed E-state index contributed by atoms with van der Waals surface area (Å²) in [7, 11) is 0. The molecule has 1 rings (SSSR count). The topological polar surface area (TPSA) is 43.4 Å². The number of benzene rings is 1. The van der Waals surface area contributed by atoms with Gasteiger partial charge < -0.3 is 4.74 Å². The predicted molar refractivity (Wildman–Crippen MR) is 107 cm³/mol. The van der Waals surface area contributed by atoms with Crippen LogP contribution in [0, 0.1) is 6.92 Å². The molecular weight excluding hydrogens is 380 g/mol. The molecule has 1 atom stereocenters. The molecule has 3 nitrogen and oxygen atoms in total. The van der Waals surface area contributed by atoms with Crippen LogP contribution in [0.25, 0.3) is 0 Å². The predicted octanol–water partition coefficient (Wildman–Crippen LogP) is 6.40. The first-order valence-electron chi connectivity index (χ1n) is 9.43. The number of alkyl halides is 1. The summed E-state index contributed by atoms with van der Waals surface area (Å²) in [5, 5.41) is 0. The van der Waals surface area contributed by atoms with Gasteiger partial charge in [-0.15, -0.1) is 0 Å². The van der Waals surface area contributed by atoms with Crippen LogP contribution < -0.4 is 4.74 Å². The minimum atomic E-state index is -0.410. The Bertz CT molecular complexity index is 554. The average molecular weight is 411 g/mol. The van der Waals surface area contributed by atoms with E-state index in [1.807, 2.05) is 13.0 Å². The summed E-state index contributed by atoms with van der Waals surface area (Å²) in [6, 6.07) is 5.33. The van der Waals surface area contributed by atoms with Gasteiger partial charge in [0.1, 0.15) is 5.75 Å². The van der Waals surface area contributed by atoms with Crippen LogP contribution in [0.15, 0.2) is 18.2 Å². The summed E-state index contributed by atoms with van der Waals surface area (Å²) in [6.45, 7) is 5.50. The molecule has 0 spiro atoms. The van der Waals surface area contributed by atoms with Crippen molar-refractivity contribution in [2.75, 3.05) is 0 Å². The quantitative estimate of drug-likeness (QED) is 0.131. The van der Waals surface area contributed by atoms with E-state index in [-0.39, 0.29) is 10.6 Å². The maximum atomic E-state index is 12.7. The molecule has 0 saturated heterocycles. The van der Waals surface area contributed by atoms with Gasteiger partial charge in [-0.1, -0.05) is 85.9 Å². The van der Waals surface area contributed by atoms with Crippen molar-refractivity contribution in [1.82, 2.24) is 0 Å². The number of halogens is 1. The fraction of sp³-hybridized carbons (Fsp3) is 0.619. The van der Waals surface area contributed by atoms with Crippen molar-refractivity contribution < 1.29 is 14.3 Å². The third-order valence-corrected chi connectivity index (χ3v) is 5.12. The molecular formula is C21H31BrO3. The zero-order valence-electron chi connectivity index (χ0n) is 15.8. The van der Waals surface area contributed by atoms with Crippen molar-refractivity contribution in [3.05, 3.63) is 29.3 Å². The van der Waals surface area contributed by atoms with Crippen LogP contribution in [-0.2, 0) is 4.79 Å². The molecule has 0 heterocycles. The molecule has 0 N–H and O–H groups in total. The summed E-state index contributed by atoms with van der Waals surface area (Å²) < 4.78 is 5.18. The Morgan fingerprint density at radius 3 is 2.24 bits per heavy atom. The maximum absolute atomic E-state index is 12.7. The van der Waals surface area contributed by atoms with Crippen LogP contribution in [0.1, 0.15) is 87.6 Å². The van der Waals surface area contributed by atoms with Gasteiger partial charge in [0.2, 0.25) is 0 Å². The normalized spacial score (nSPS) is 12.0. The van der Waals surface area contributed by atoms with Gasteiger partial charge >= 0.3 is 5.97 Å². The van der Waals surface area contributed by atoms with Crippen LogP contribution in [0.3, 0.4) is 0 Å². The summed E-state index contributed by atoms with van der Waals surface area (Å²) in [5.41, 5.74) is 1.46. The van der Waals surface area contributed by atoms with Crippen molar-refractivity contribution in [2.24, 2.45) is 0 Å². The van der Waals surface area contributed by atoms with E-state index in [9.17, 15) is 9.59 Å². The second kappa shape index (κ2) is 12.2. The molecule has 0 aliphatic carbocycles. The number of esters is 1. The van der Waals surface area contributed by atoms with Crippen molar-refractivity contribution in [1.29, 1.82) is 0 Å². The highest BCUT2D eigenvalue weighted by molar-refractivity contribution is 9.10. The lowest BCUT2D eigenvalue weighted by Gasteiger charge is -2.13. The highest BCUT2D eigenvalue weighted by atomic mass is 79.9. The lowest BCUT2D eigenvalue weighted by atomic mass is 10.0. The molecule has 0 aliphatic rings. The number of rotatable bonds is 12. The van der Waals surface area contributed by atoms with Gasteiger partial charge in [-0.25, -0.2) is 0 Å². The second-order valence-corrected chi connectivity index (χ2v) is 7.79. The molecule has 0 fully saturated rings. The van der Waals surface area contributed by atoms with Crippen molar-refractivity contribution >= 4 is 27.7 Å². The molecule has 1 aromatic carbocycles. The van der Waals surface area contributed by atoms with Gasteiger partial charge in [0.05, 0.1) is 10.4 Å². The molecule has 0 aliphatic heterocycles. The SMILES string of the molecule is CCCCCCCCCC[C@H](Br)C(=O)c1cc(C)ccc1OC(C)=O. The van der Waals surface area contributed by atoms with Crippen molar-refractivity contribution in [3.8, 4) is 5.75 Å². The van der Waals surface area contributed by atoms with E-state index in [2.05, 4.69) is 22.9 Å². The molecule has 1 aromatic rings. The molecule has 0 radical (unpaired) electrons. The van der Waals surface area contributed by atoms with E-state index in [0.717, 1.165) is 24.8 Å². The van der Waals surface area contributed by atoms with Crippen LogP contribution >= 0.6 is 15.9 Å². The first kappa shape index (κ1) is 21.9. The first-order chi connectivity index (χ1) is 12.0. The van der Waals surface area contributed by atoms with Crippen molar-refractivity contribution in [2.45, 2.75) is 83.4 Å². The Morgan fingerprint density at radius 1 is 1.04 bits per heavy atom. The molecule has 0 saturated carbocycles. The van der Waals surface area contributed by atoms with E-state index >= 15 is 0 Å². The fourth-order valence-corrected chi connectivity index (χ4v) is 3.41.